The lowest BCUT2D eigenvalue weighted by atomic mass is 9.99. The van der Waals surface area contributed by atoms with Crippen LogP contribution in [0.2, 0.25) is 0 Å². The van der Waals surface area contributed by atoms with Crippen LogP contribution < -0.4 is 5.32 Å². The number of hydrogen-bond donors (Lipinski definition) is 1. The molecule has 0 saturated carbocycles. The minimum Gasteiger partial charge on any atom is -0.436 e. The molecule has 4 heteroatoms. The van der Waals surface area contributed by atoms with E-state index in [0.717, 1.165) is 49.8 Å². The summed E-state index contributed by atoms with van der Waals surface area (Å²) in [6.45, 7) is 6.06. The van der Waals surface area contributed by atoms with E-state index in [4.69, 9.17) is 4.42 Å². The lowest BCUT2D eigenvalue weighted by Crippen LogP contribution is -2.13. The number of anilines is 1. The van der Waals surface area contributed by atoms with Gasteiger partial charge in [0, 0.05) is 16.8 Å². The molecule has 152 valence electrons. The molecule has 0 spiro atoms. The number of nitrogens with one attached hydrogen (secondary N) is 1. The molecule has 0 aliphatic carbocycles. The number of nitrogens with zero attached hydrogens (tertiary/aromatic N) is 1. The number of benzene rings is 4. The predicted octanol–water partition coefficient (Wildman–Crippen LogP) is 6.83. The smallest absolute Gasteiger partial charge is 0.256 e. The van der Waals surface area contributed by atoms with Crippen LogP contribution in [-0.2, 0) is 0 Å². The van der Waals surface area contributed by atoms with Crippen LogP contribution in [0, 0.1) is 20.8 Å². The largest absolute Gasteiger partial charge is 0.436 e. The number of hydrogen-bond acceptors (Lipinski definition) is 3. The van der Waals surface area contributed by atoms with E-state index < -0.39 is 0 Å². The second kappa shape index (κ2) is 7.40. The Balaban J connectivity index is 1.45. The van der Waals surface area contributed by atoms with Gasteiger partial charge >= 0.3 is 0 Å². The van der Waals surface area contributed by atoms with Crippen molar-refractivity contribution in [1.29, 1.82) is 0 Å². The molecule has 0 aliphatic heterocycles. The summed E-state index contributed by atoms with van der Waals surface area (Å²) in [7, 11) is 0. The maximum atomic E-state index is 13.1. The number of aryl methyl sites for hydroxylation is 3. The zero-order valence-corrected chi connectivity index (χ0v) is 17.7. The van der Waals surface area contributed by atoms with Crippen molar-refractivity contribution in [3.63, 3.8) is 0 Å². The molecular formula is C27H22N2O2. The zero-order valence-electron chi connectivity index (χ0n) is 17.7. The molecule has 1 N–H and O–H groups in total. The molecule has 1 amide bonds. The first-order valence-electron chi connectivity index (χ1n) is 10.3. The van der Waals surface area contributed by atoms with Gasteiger partial charge < -0.3 is 9.73 Å². The molecule has 0 unspecified atom stereocenters. The molecule has 0 saturated heterocycles. The van der Waals surface area contributed by atoms with Crippen LogP contribution >= 0.6 is 0 Å². The summed E-state index contributed by atoms with van der Waals surface area (Å²) in [5.41, 5.74) is 7.17. The van der Waals surface area contributed by atoms with Crippen molar-refractivity contribution < 1.29 is 9.21 Å². The summed E-state index contributed by atoms with van der Waals surface area (Å²) < 4.78 is 5.92. The van der Waals surface area contributed by atoms with E-state index in [-0.39, 0.29) is 5.91 Å². The van der Waals surface area contributed by atoms with Crippen molar-refractivity contribution in [2.45, 2.75) is 20.8 Å². The molecule has 5 aromatic rings. The summed E-state index contributed by atoms with van der Waals surface area (Å²) in [4.78, 5) is 17.7. The highest BCUT2D eigenvalue weighted by atomic mass is 16.3. The zero-order chi connectivity index (χ0) is 21.5. The average molecular weight is 406 g/mol. The Morgan fingerprint density at radius 1 is 0.839 bits per heavy atom. The molecule has 4 aromatic carbocycles. The Hall–Kier alpha value is -3.92. The minimum absolute atomic E-state index is 0.121. The fraction of sp³-hybridized carbons (Fsp3) is 0.111. The summed E-state index contributed by atoms with van der Waals surface area (Å²) >= 11 is 0. The number of rotatable bonds is 3. The van der Waals surface area contributed by atoms with E-state index in [0.29, 0.717) is 11.5 Å². The van der Waals surface area contributed by atoms with Crippen molar-refractivity contribution in [3.8, 4) is 11.5 Å². The highest BCUT2D eigenvalue weighted by Crippen LogP contribution is 2.29. The first-order valence-corrected chi connectivity index (χ1v) is 10.3. The van der Waals surface area contributed by atoms with Crippen LogP contribution in [0.3, 0.4) is 0 Å². The maximum Gasteiger partial charge on any atom is 0.256 e. The Labute approximate surface area is 180 Å². The van der Waals surface area contributed by atoms with Crippen LogP contribution in [0.1, 0.15) is 27.0 Å². The van der Waals surface area contributed by atoms with Crippen molar-refractivity contribution in [2.75, 3.05) is 5.32 Å². The average Bonchev–Trinajstić information content (AvgIpc) is 3.18. The Kier molecular flexibility index (Phi) is 4.55. The minimum atomic E-state index is -0.121. The molecule has 1 aromatic heterocycles. The van der Waals surface area contributed by atoms with Gasteiger partial charge in [0.15, 0.2) is 5.58 Å². The second-order valence-electron chi connectivity index (χ2n) is 7.95. The van der Waals surface area contributed by atoms with Gasteiger partial charge in [-0.05, 0) is 84.6 Å². The van der Waals surface area contributed by atoms with E-state index in [2.05, 4.69) is 17.2 Å². The highest BCUT2D eigenvalue weighted by Gasteiger charge is 2.14. The number of amides is 1. The maximum absolute atomic E-state index is 13.1. The molecule has 5 rings (SSSR count). The van der Waals surface area contributed by atoms with Gasteiger partial charge in [-0.1, -0.05) is 36.4 Å². The van der Waals surface area contributed by atoms with Crippen LogP contribution in [0.4, 0.5) is 5.69 Å². The van der Waals surface area contributed by atoms with Gasteiger partial charge in [0.05, 0.1) is 0 Å². The number of fused-ring (bicyclic) bond motifs is 2. The highest BCUT2D eigenvalue weighted by molar-refractivity contribution is 6.13. The molecule has 0 radical (unpaired) electrons. The van der Waals surface area contributed by atoms with E-state index in [1.54, 1.807) is 0 Å². The monoisotopic (exact) mass is 406 g/mol. The van der Waals surface area contributed by atoms with Gasteiger partial charge in [0.1, 0.15) is 5.52 Å². The number of aromatic nitrogens is 1. The molecular weight excluding hydrogens is 384 g/mol. The van der Waals surface area contributed by atoms with Crippen LogP contribution in [0.15, 0.2) is 77.2 Å². The molecule has 1 heterocycles. The van der Waals surface area contributed by atoms with Crippen molar-refractivity contribution >= 4 is 33.5 Å². The van der Waals surface area contributed by atoms with Crippen LogP contribution in [-0.4, -0.2) is 10.9 Å². The van der Waals surface area contributed by atoms with Gasteiger partial charge in [-0.2, -0.15) is 0 Å². The van der Waals surface area contributed by atoms with Crippen molar-refractivity contribution in [2.24, 2.45) is 0 Å². The molecule has 0 atom stereocenters. The first-order chi connectivity index (χ1) is 15.0. The number of carbonyl (C=O) groups excluding carboxylic acids is 1. The van der Waals surface area contributed by atoms with Gasteiger partial charge in [-0.25, -0.2) is 4.98 Å². The third-order valence-corrected chi connectivity index (χ3v) is 5.65. The molecule has 31 heavy (non-hydrogen) atoms. The van der Waals surface area contributed by atoms with Gasteiger partial charge in [-0.15, -0.1) is 0 Å². The summed E-state index contributed by atoms with van der Waals surface area (Å²) in [5, 5.41) is 5.11. The molecule has 0 fully saturated rings. The summed E-state index contributed by atoms with van der Waals surface area (Å²) in [6, 6.07) is 23.6. The van der Waals surface area contributed by atoms with Gasteiger partial charge in [0.25, 0.3) is 5.91 Å². The van der Waals surface area contributed by atoms with Gasteiger partial charge in [0.2, 0.25) is 5.89 Å². The predicted molar refractivity (Wildman–Crippen MR) is 126 cm³/mol. The van der Waals surface area contributed by atoms with E-state index in [1.165, 1.54) is 0 Å². The van der Waals surface area contributed by atoms with E-state index in [1.807, 2.05) is 86.6 Å². The third-order valence-electron chi connectivity index (χ3n) is 5.65. The first kappa shape index (κ1) is 19.1. The normalized spacial score (nSPS) is 11.2. The summed E-state index contributed by atoms with van der Waals surface area (Å²) in [5.74, 6) is 0.454. The topological polar surface area (TPSA) is 55.1 Å². The van der Waals surface area contributed by atoms with Crippen molar-refractivity contribution in [1.82, 2.24) is 4.98 Å². The number of carbonyl (C=O) groups is 1. The van der Waals surface area contributed by atoms with Crippen LogP contribution in [0.25, 0.3) is 33.3 Å². The Bertz CT molecular complexity index is 1460. The quantitative estimate of drug-likeness (QED) is 0.357. The fourth-order valence-corrected chi connectivity index (χ4v) is 3.94. The van der Waals surface area contributed by atoms with Gasteiger partial charge in [-0.3, -0.25) is 4.79 Å². The SMILES string of the molecule is Cc1ccc2oc(-c3ccc(NC(=O)c4ccc(C)c5ccccc45)c(C)c3)nc2c1. The van der Waals surface area contributed by atoms with Crippen LogP contribution in [0.5, 0.6) is 0 Å². The molecule has 0 aliphatic rings. The van der Waals surface area contributed by atoms with Crippen molar-refractivity contribution in [3.05, 3.63) is 95.1 Å². The fourth-order valence-electron chi connectivity index (χ4n) is 3.94. The Morgan fingerprint density at radius 3 is 2.45 bits per heavy atom. The van der Waals surface area contributed by atoms with E-state index >= 15 is 0 Å². The lowest BCUT2D eigenvalue weighted by molar-refractivity contribution is 0.102. The number of oxazole rings is 1. The third kappa shape index (κ3) is 3.46. The standard InChI is InChI=1S/C27H22N2O2/c1-16-8-13-25-24(14-16)29-27(31-25)19-10-12-23(18(3)15-19)28-26(30)22-11-9-17(2)20-6-4-5-7-21(20)22/h4-15H,1-3H3,(H,28,30). The lowest BCUT2D eigenvalue weighted by Gasteiger charge is -2.12. The molecule has 0 bridgehead atoms. The van der Waals surface area contributed by atoms with E-state index in [9.17, 15) is 4.79 Å². The second-order valence-corrected chi connectivity index (χ2v) is 7.95. The summed E-state index contributed by atoms with van der Waals surface area (Å²) in [6.07, 6.45) is 0. The Morgan fingerprint density at radius 2 is 1.65 bits per heavy atom. The molecule has 4 nitrogen and oxygen atoms in total.